The van der Waals surface area contributed by atoms with Crippen molar-refractivity contribution in [1.29, 1.82) is 0 Å². The molecule has 88 valence electrons. The van der Waals surface area contributed by atoms with Gasteiger partial charge in [-0.05, 0) is 38.8 Å². The van der Waals surface area contributed by atoms with E-state index in [1.165, 1.54) is 0 Å². The van der Waals surface area contributed by atoms with Crippen molar-refractivity contribution in [3.63, 3.8) is 0 Å². The summed E-state index contributed by atoms with van der Waals surface area (Å²) >= 11 is 0. The molecule has 0 amide bonds. The third kappa shape index (κ3) is 2.98. The Morgan fingerprint density at radius 1 is 1.40 bits per heavy atom. The number of nitrogens with zero attached hydrogens (tertiary/aromatic N) is 1. The van der Waals surface area contributed by atoms with E-state index in [-0.39, 0.29) is 18.5 Å². The van der Waals surface area contributed by atoms with E-state index < -0.39 is 6.16 Å². The molecular formula is C10H17ClNO3-. The van der Waals surface area contributed by atoms with Crippen molar-refractivity contribution in [2.24, 2.45) is 5.92 Å². The minimum absolute atomic E-state index is 0. The standard InChI is InChI=1S/C10H17NO3.ClH/c1-2-13-10(12)14-9-7-11-5-3-8(9)4-6-11;/h8-9H,2-7H2,1H3;1H/p-1. The zero-order valence-electron chi connectivity index (χ0n) is 8.95. The molecule has 3 rings (SSSR count). The summed E-state index contributed by atoms with van der Waals surface area (Å²) in [4.78, 5) is 13.5. The normalized spacial score (nSPS) is 33.0. The van der Waals surface area contributed by atoms with Crippen molar-refractivity contribution in [2.45, 2.75) is 25.9 Å². The Balaban J connectivity index is 0.00000112. The summed E-state index contributed by atoms with van der Waals surface area (Å²) in [6, 6.07) is 0. The third-order valence-corrected chi connectivity index (χ3v) is 3.11. The van der Waals surface area contributed by atoms with Crippen molar-refractivity contribution < 1.29 is 26.7 Å². The molecule has 3 saturated heterocycles. The van der Waals surface area contributed by atoms with Gasteiger partial charge in [0, 0.05) is 6.54 Å². The topological polar surface area (TPSA) is 38.8 Å². The van der Waals surface area contributed by atoms with Crippen LogP contribution in [0.2, 0.25) is 0 Å². The molecule has 2 bridgehead atoms. The number of halogens is 1. The molecule has 3 fully saturated rings. The molecule has 1 atom stereocenters. The molecule has 3 aliphatic rings. The van der Waals surface area contributed by atoms with Crippen LogP contribution in [0.15, 0.2) is 0 Å². The summed E-state index contributed by atoms with van der Waals surface area (Å²) in [5, 5.41) is 0. The van der Waals surface area contributed by atoms with E-state index in [2.05, 4.69) is 4.90 Å². The molecule has 0 N–H and O–H groups in total. The van der Waals surface area contributed by atoms with Crippen molar-refractivity contribution in [2.75, 3.05) is 26.2 Å². The molecule has 0 aromatic heterocycles. The molecular weight excluding hydrogens is 218 g/mol. The van der Waals surface area contributed by atoms with Gasteiger partial charge in [0.05, 0.1) is 6.61 Å². The first-order valence-electron chi connectivity index (χ1n) is 5.35. The van der Waals surface area contributed by atoms with Gasteiger partial charge >= 0.3 is 6.16 Å². The lowest BCUT2D eigenvalue weighted by Gasteiger charge is -2.43. The molecule has 3 aliphatic heterocycles. The molecule has 5 heteroatoms. The van der Waals surface area contributed by atoms with Crippen molar-refractivity contribution in [1.82, 2.24) is 4.90 Å². The van der Waals surface area contributed by atoms with Gasteiger partial charge in [0.25, 0.3) is 0 Å². The average Bonchev–Trinajstić information content (AvgIpc) is 2.19. The smallest absolute Gasteiger partial charge is 0.508 e. The predicted molar refractivity (Wildman–Crippen MR) is 51.1 cm³/mol. The number of ether oxygens (including phenoxy) is 2. The summed E-state index contributed by atoms with van der Waals surface area (Å²) in [6.45, 7) is 5.39. The molecule has 4 nitrogen and oxygen atoms in total. The lowest BCUT2D eigenvalue weighted by molar-refractivity contribution is -0.0572. The van der Waals surface area contributed by atoms with Crippen LogP contribution in [0.25, 0.3) is 0 Å². The van der Waals surface area contributed by atoms with Gasteiger partial charge in [-0.2, -0.15) is 0 Å². The molecule has 0 radical (unpaired) electrons. The molecule has 1 unspecified atom stereocenters. The third-order valence-electron chi connectivity index (χ3n) is 3.11. The van der Waals surface area contributed by atoms with Crippen LogP contribution in [-0.2, 0) is 9.47 Å². The molecule has 0 aliphatic carbocycles. The van der Waals surface area contributed by atoms with Gasteiger partial charge in [0.15, 0.2) is 0 Å². The monoisotopic (exact) mass is 234 g/mol. The van der Waals surface area contributed by atoms with Crippen LogP contribution < -0.4 is 12.4 Å². The van der Waals surface area contributed by atoms with Crippen LogP contribution in [0.1, 0.15) is 19.8 Å². The van der Waals surface area contributed by atoms with E-state index in [1.807, 2.05) is 0 Å². The predicted octanol–water partition coefficient (Wildman–Crippen LogP) is -1.74. The Bertz CT molecular complexity index is 217. The quantitative estimate of drug-likeness (QED) is 0.532. The highest BCUT2D eigenvalue weighted by Crippen LogP contribution is 2.29. The number of hydrogen-bond acceptors (Lipinski definition) is 4. The highest BCUT2D eigenvalue weighted by molar-refractivity contribution is 5.60. The second-order valence-electron chi connectivity index (χ2n) is 3.98. The Kier molecular flexibility index (Phi) is 4.67. The van der Waals surface area contributed by atoms with Gasteiger partial charge < -0.3 is 21.9 Å². The van der Waals surface area contributed by atoms with Gasteiger partial charge in [-0.25, -0.2) is 4.79 Å². The van der Waals surface area contributed by atoms with Crippen LogP contribution in [0.3, 0.4) is 0 Å². The van der Waals surface area contributed by atoms with Crippen molar-refractivity contribution in [3.05, 3.63) is 0 Å². The zero-order valence-corrected chi connectivity index (χ0v) is 9.70. The van der Waals surface area contributed by atoms with Crippen LogP contribution >= 0.6 is 0 Å². The first-order valence-corrected chi connectivity index (χ1v) is 5.35. The Labute approximate surface area is 96.3 Å². The molecule has 0 aromatic carbocycles. The van der Waals surface area contributed by atoms with E-state index in [9.17, 15) is 4.79 Å². The average molecular weight is 235 g/mol. The zero-order chi connectivity index (χ0) is 9.97. The number of carbonyl (C=O) groups excluding carboxylic acids is 1. The molecule has 0 aromatic rings. The Morgan fingerprint density at radius 3 is 2.53 bits per heavy atom. The maximum Gasteiger partial charge on any atom is 0.508 e. The number of fused-ring (bicyclic) bond motifs is 3. The van der Waals surface area contributed by atoms with E-state index in [1.54, 1.807) is 6.92 Å². The van der Waals surface area contributed by atoms with E-state index in [0.717, 1.165) is 32.5 Å². The summed E-state index contributed by atoms with van der Waals surface area (Å²) in [5.41, 5.74) is 0. The second-order valence-corrected chi connectivity index (χ2v) is 3.98. The largest absolute Gasteiger partial charge is 1.00 e. The number of rotatable bonds is 2. The van der Waals surface area contributed by atoms with E-state index >= 15 is 0 Å². The fourth-order valence-electron chi connectivity index (χ4n) is 2.32. The molecule has 3 heterocycles. The summed E-state index contributed by atoms with van der Waals surface area (Å²) in [6.07, 6.45) is 1.87. The highest BCUT2D eigenvalue weighted by atomic mass is 35.5. The summed E-state index contributed by atoms with van der Waals surface area (Å²) in [5.74, 6) is 0.560. The molecule has 0 saturated carbocycles. The van der Waals surface area contributed by atoms with Crippen LogP contribution in [0, 0.1) is 5.92 Å². The van der Waals surface area contributed by atoms with Gasteiger partial charge in [-0.3, -0.25) is 4.90 Å². The SMILES string of the molecule is CCOC(=O)OC1CN2CCC1CC2.[Cl-]. The van der Waals surface area contributed by atoms with Crippen LogP contribution in [-0.4, -0.2) is 43.4 Å². The summed E-state index contributed by atoms with van der Waals surface area (Å²) in [7, 11) is 0. The van der Waals surface area contributed by atoms with Crippen LogP contribution in [0.5, 0.6) is 0 Å². The first-order chi connectivity index (χ1) is 6.79. The van der Waals surface area contributed by atoms with Crippen molar-refractivity contribution >= 4 is 6.16 Å². The number of piperidine rings is 3. The lowest BCUT2D eigenvalue weighted by Crippen LogP contribution is -3.00. The van der Waals surface area contributed by atoms with Gasteiger partial charge in [-0.1, -0.05) is 0 Å². The van der Waals surface area contributed by atoms with E-state index in [4.69, 9.17) is 9.47 Å². The van der Waals surface area contributed by atoms with Crippen LogP contribution in [0.4, 0.5) is 4.79 Å². The fraction of sp³-hybridized carbons (Fsp3) is 0.900. The van der Waals surface area contributed by atoms with E-state index in [0.29, 0.717) is 12.5 Å². The Morgan fingerprint density at radius 2 is 2.07 bits per heavy atom. The fourth-order valence-corrected chi connectivity index (χ4v) is 2.32. The summed E-state index contributed by atoms with van der Waals surface area (Å²) < 4.78 is 10.0. The van der Waals surface area contributed by atoms with Gasteiger partial charge in [0.1, 0.15) is 6.10 Å². The maximum atomic E-state index is 11.1. The molecule has 15 heavy (non-hydrogen) atoms. The van der Waals surface area contributed by atoms with Gasteiger partial charge in [-0.15, -0.1) is 0 Å². The highest BCUT2D eigenvalue weighted by Gasteiger charge is 2.36. The maximum absolute atomic E-state index is 11.1. The lowest BCUT2D eigenvalue weighted by atomic mass is 9.86. The molecule has 0 spiro atoms. The number of hydrogen-bond donors (Lipinski definition) is 0. The minimum Gasteiger partial charge on any atom is -1.00 e. The minimum atomic E-state index is -0.508. The second kappa shape index (κ2) is 5.56. The van der Waals surface area contributed by atoms with Gasteiger partial charge in [0.2, 0.25) is 0 Å². The number of carbonyl (C=O) groups is 1. The first kappa shape index (κ1) is 12.6. The Hall–Kier alpha value is -0.480. The van der Waals surface area contributed by atoms with Crippen molar-refractivity contribution in [3.8, 4) is 0 Å².